The monoisotopic (exact) mass is 375 g/mol. The van der Waals surface area contributed by atoms with Gasteiger partial charge in [-0.1, -0.05) is 29.3 Å². The number of hydrogen-bond acceptors (Lipinski definition) is 3. The molecule has 3 nitrogen and oxygen atoms in total. The molecule has 0 saturated carbocycles. The number of anilines is 1. The van der Waals surface area contributed by atoms with Crippen molar-refractivity contribution >= 4 is 34.5 Å². The number of thiophene rings is 1. The summed E-state index contributed by atoms with van der Waals surface area (Å²) in [5.74, 6) is -0.00986. The molecule has 0 radical (unpaired) electrons. The average Bonchev–Trinajstić information content (AvgIpc) is 3.07. The Bertz CT molecular complexity index is 893. The summed E-state index contributed by atoms with van der Waals surface area (Å²) in [5, 5.41) is 4.54. The molecular formula is C19H15ClFNO2S. The first-order chi connectivity index (χ1) is 12.0. The first-order valence-corrected chi connectivity index (χ1v) is 8.80. The van der Waals surface area contributed by atoms with E-state index in [9.17, 15) is 9.18 Å². The quantitative estimate of drug-likeness (QED) is 0.623. The largest absolute Gasteiger partial charge is 0.489 e. The number of halogens is 2. The van der Waals surface area contributed by atoms with Crippen molar-refractivity contribution in [2.75, 3.05) is 5.32 Å². The van der Waals surface area contributed by atoms with Crippen LogP contribution in [0.4, 0.5) is 10.1 Å². The SMILES string of the molecule is Cc1ccc(OCc2csc(C(=O)Nc3ccc(F)c(Cl)c3)c2)cc1. The van der Waals surface area contributed by atoms with Crippen LogP contribution >= 0.6 is 22.9 Å². The fraction of sp³-hybridized carbons (Fsp3) is 0.105. The van der Waals surface area contributed by atoms with Gasteiger partial charge >= 0.3 is 0 Å². The Kier molecular flexibility index (Phi) is 5.36. The smallest absolute Gasteiger partial charge is 0.265 e. The highest BCUT2D eigenvalue weighted by Crippen LogP contribution is 2.22. The van der Waals surface area contributed by atoms with Gasteiger partial charge in [-0.2, -0.15) is 0 Å². The van der Waals surface area contributed by atoms with Crippen molar-refractivity contribution in [1.29, 1.82) is 0 Å². The van der Waals surface area contributed by atoms with Crippen molar-refractivity contribution in [3.8, 4) is 5.75 Å². The third kappa shape index (κ3) is 4.59. The first kappa shape index (κ1) is 17.5. The maximum absolute atomic E-state index is 13.2. The standard InChI is InChI=1S/C19H15ClFNO2S/c1-12-2-5-15(6-3-12)24-10-13-8-18(25-11-13)19(23)22-14-4-7-17(21)16(20)9-14/h2-9,11H,10H2,1H3,(H,22,23). The molecule has 1 heterocycles. The zero-order valence-electron chi connectivity index (χ0n) is 13.4. The minimum Gasteiger partial charge on any atom is -0.489 e. The number of rotatable bonds is 5. The fourth-order valence-corrected chi connectivity index (χ4v) is 3.11. The molecule has 128 valence electrons. The average molecular weight is 376 g/mol. The highest BCUT2D eigenvalue weighted by atomic mass is 35.5. The van der Waals surface area contributed by atoms with Gasteiger partial charge in [-0.3, -0.25) is 4.79 Å². The number of carbonyl (C=O) groups is 1. The molecule has 1 aromatic heterocycles. The fourth-order valence-electron chi connectivity index (χ4n) is 2.14. The zero-order chi connectivity index (χ0) is 17.8. The predicted molar refractivity (Wildman–Crippen MR) is 99.2 cm³/mol. The molecule has 6 heteroatoms. The van der Waals surface area contributed by atoms with Gasteiger partial charge in [0, 0.05) is 11.3 Å². The van der Waals surface area contributed by atoms with E-state index in [1.54, 1.807) is 6.07 Å². The molecule has 0 aliphatic heterocycles. The summed E-state index contributed by atoms with van der Waals surface area (Å²) < 4.78 is 18.9. The Morgan fingerprint density at radius 3 is 2.68 bits per heavy atom. The van der Waals surface area contributed by atoms with Gasteiger partial charge in [0.1, 0.15) is 18.2 Å². The summed E-state index contributed by atoms with van der Waals surface area (Å²) in [7, 11) is 0. The molecule has 0 saturated heterocycles. The number of aryl methyl sites for hydroxylation is 1. The van der Waals surface area contributed by atoms with E-state index in [-0.39, 0.29) is 10.9 Å². The van der Waals surface area contributed by atoms with Crippen molar-refractivity contribution in [2.24, 2.45) is 0 Å². The Balaban J connectivity index is 1.61. The van der Waals surface area contributed by atoms with E-state index in [0.29, 0.717) is 17.2 Å². The number of hydrogen-bond donors (Lipinski definition) is 1. The minimum absolute atomic E-state index is 0.0313. The Labute approximate surface area is 154 Å². The zero-order valence-corrected chi connectivity index (χ0v) is 15.0. The van der Waals surface area contributed by atoms with Crippen molar-refractivity contribution < 1.29 is 13.9 Å². The normalized spacial score (nSPS) is 10.5. The summed E-state index contributed by atoms with van der Waals surface area (Å²) in [4.78, 5) is 12.8. The number of nitrogens with one attached hydrogen (secondary N) is 1. The van der Waals surface area contributed by atoms with Crippen molar-refractivity contribution in [1.82, 2.24) is 0 Å². The second-order valence-corrected chi connectivity index (χ2v) is 6.82. The van der Waals surface area contributed by atoms with Gasteiger partial charge in [0.15, 0.2) is 0 Å². The molecule has 0 atom stereocenters. The van der Waals surface area contributed by atoms with E-state index in [4.69, 9.17) is 16.3 Å². The van der Waals surface area contributed by atoms with E-state index < -0.39 is 5.82 Å². The Morgan fingerprint density at radius 1 is 1.20 bits per heavy atom. The molecule has 2 aromatic carbocycles. The summed E-state index contributed by atoms with van der Waals surface area (Å²) in [6, 6.07) is 13.6. The molecule has 1 N–H and O–H groups in total. The summed E-state index contributed by atoms with van der Waals surface area (Å²) >= 11 is 7.04. The van der Waals surface area contributed by atoms with Crippen LogP contribution in [0.15, 0.2) is 53.9 Å². The highest BCUT2D eigenvalue weighted by Gasteiger charge is 2.11. The summed E-state index contributed by atoms with van der Waals surface area (Å²) in [6.07, 6.45) is 0. The first-order valence-electron chi connectivity index (χ1n) is 7.54. The van der Waals surface area contributed by atoms with E-state index in [1.165, 1.54) is 35.1 Å². The van der Waals surface area contributed by atoms with Crippen molar-refractivity contribution in [2.45, 2.75) is 13.5 Å². The lowest BCUT2D eigenvalue weighted by atomic mass is 10.2. The summed E-state index contributed by atoms with van der Waals surface area (Å²) in [5.41, 5.74) is 2.53. The van der Waals surface area contributed by atoms with Crippen LogP contribution in [-0.2, 0) is 6.61 Å². The van der Waals surface area contributed by atoms with Gasteiger partial charge < -0.3 is 10.1 Å². The van der Waals surface area contributed by atoms with Crippen LogP contribution in [0, 0.1) is 12.7 Å². The van der Waals surface area contributed by atoms with Crippen LogP contribution < -0.4 is 10.1 Å². The molecule has 3 rings (SSSR count). The molecule has 3 aromatic rings. The van der Waals surface area contributed by atoms with Crippen molar-refractivity contribution in [3.63, 3.8) is 0 Å². The van der Waals surface area contributed by atoms with Crippen LogP contribution in [0.25, 0.3) is 0 Å². The second-order valence-electron chi connectivity index (χ2n) is 5.50. The Morgan fingerprint density at radius 2 is 1.96 bits per heavy atom. The third-order valence-corrected chi connectivity index (χ3v) is 4.75. The molecule has 0 unspecified atom stereocenters. The van der Waals surface area contributed by atoms with Gasteiger partial charge in [0.05, 0.1) is 9.90 Å². The van der Waals surface area contributed by atoms with Crippen LogP contribution in [-0.4, -0.2) is 5.91 Å². The topological polar surface area (TPSA) is 38.3 Å². The van der Waals surface area contributed by atoms with Gasteiger partial charge in [-0.25, -0.2) is 4.39 Å². The van der Waals surface area contributed by atoms with Gasteiger partial charge in [0.2, 0.25) is 0 Å². The lowest BCUT2D eigenvalue weighted by Gasteiger charge is -2.05. The number of amides is 1. The number of carbonyl (C=O) groups excluding carboxylic acids is 1. The Hall–Kier alpha value is -2.37. The molecule has 25 heavy (non-hydrogen) atoms. The van der Waals surface area contributed by atoms with E-state index in [2.05, 4.69) is 5.32 Å². The van der Waals surface area contributed by atoms with Gasteiger partial charge in [-0.15, -0.1) is 11.3 Å². The van der Waals surface area contributed by atoms with Crippen molar-refractivity contribution in [3.05, 3.63) is 80.8 Å². The van der Waals surface area contributed by atoms with Crippen LogP contribution in [0.3, 0.4) is 0 Å². The van der Waals surface area contributed by atoms with Gasteiger partial charge in [0.25, 0.3) is 5.91 Å². The maximum atomic E-state index is 13.2. The van der Waals surface area contributed by atoms with E-state index >= 15 is 0 Å². The molecule has 0 spiro atoms. The molecule has 1 amide bonds. The number of benzene rings is 2. The van der Waals surface area contributed by atoms with E-state index in [0.717, 1.165) is 11.3 Å². The second kappa shape index (κ2) is 7.68. The van der Waals surface area contributed by atoms with Crippen LogP contribution in [0.1, 0.15) is 20.8 Å². The molecule has 0 fully saturated rings. The number of ether oxygens (including phenoxy) is 1. The molecule has 0 aliphatic carbocycles. The molecule has 0 aliphatic rings. The predicted octanol–water partition coefficient (Wildman–Crippen LogP) is 5.68. The lowest BCUT2D eigenvalue weighted by Crippen LogP contribution is -2.10. The highest BCUT2D eigenvalue weighted by molar-refractivity contribution is 7.12. The summed E-state index contributed by atoms with van der Waals surface area (Å²) in [6.45, 7) is 2.40. The van der Waals surface area contributed by atoms with Gasteiger partial charge in [-0.05, 0) is 48.7 Å². The molecule has 0 bridgehead atoms. The van der Waals surface area contributed by atoms with E-state index in [1.807, 2.05) is 36.6 Å². The van der Waals surface area contributed by atoms with Crippen LogP contribution in [0.5, 0.6) is 5.75 Å². The maximum Gasteiger partial charge on any atom is 0.265 e. The molecular weight excluding hydrogens is 361 g/mol. The lowest BCUT2D eigenvalue weighted by molar-refractivity contribution is 0.103. The third-order valence-electron chi connectivity index (χ3n) is 3.48. The minimum atomic E-state index is -0.522. The van der Waals surface area contributed by atoms with Crippen LogP contribution in [0.2, 0.25) is 5.02 Å².